The summed E-state index contributed by atoms with van der Waals surface area (Å²) < 4.78 is 158. The van der Waals surface area contributed by atoms with Crippen LogP contribution in [-0.2, 0) is 29.5 Å². The summed E-state index contributed by atoms with van der Waals surface area (Å²) in [6, 6.07) is 13.6. The smallest absolute Gasteiger partial charge is 0.215 e. The molecule has 9 nitrogen and oxygen atoms in total. The maximum absolute atomic E-state index is 14.8. The summed E-state index contributed by atoms with van der Waals surface area (Å²) in [6.45, 7) is 6.86. The SMILES string of the molecule is CC(F)(C1CCNCC1)S(=O)(=O)c1cccc(F)c1.C[C@@](F)(C1CCNCC1)S(=O)(=O)c1cccc(F)c1.C[C@](F)(C1CCNCC1)S(=O)(=O)c1cccc(F)c1. The van der Waals surface area contributed by atoms with E-state index in [0.29, 0.717) is 77.8 Å². The van der Waals surface area contributed by atoms with E-state index in [0.717, 1.165) is 57.2 Å². The van der Waals surface area contributed by atoms with Gasteiger partial charge in [-0.1, -0.05) is 18.2 Å². The third kappa shape index (κ3) is 10.6. The zero-order valence-electron chi connectivity index (χ0n) is 32.1. The highest BCUT2D eigenvalue weighted by molar-refractivity contribution is 7.93. The van der Waals surface area contributed by atoms with Crippen LogP contribution in [0.5, 0.6) is 0 Å². The highest BCUT2D eigenvalue weighted by Gasteiger charge is 2.49. The Bertz CT molecular complexity index is 1900. The highest BCUT2D eigenvalue weighted by Crippen LogP contribution is 2.40. The predicted octanol–water partition coefficient (Wildman–Crippen LogP) is 6.85. The lowest BCUT2D eigenvalue weighted by Gasteiger charge is -2.33. The van der Waals surface area contributed by atoms with Crippen molar-refractivity contribution >= 4 is 29.5 Å². The Labute approximate surface area is 332 Å². The molecule has 3 aliphatic heterocycles. The molecule has 0 aliphatic carbocycles. The third-order valence-electron chi connectivity index (χ3n) is 11.1. The Kier molecular flexibility index (Phi) is 15.5. The Morgan fingerprint density at radius 2 is 0.649 bits per heavy atom. The van der Waals surface area contributed by atoms with Crippen LogP contribution in [0.1, 0.15) is 59.3 Å². The van der Waals surface area contributed by atoms with Crippen molar-refractivity contribution < 1.29 is 51.6 Å². The summed E-state index contributed by atoms with van der Waals surface area (Å²) in [4.78, 5) is -0.886. The summed E-state index contributed by atoms with van der Waals surface area (Å²) in [5.74, 6) is -3.74. The second kappa shape index (κ2) is 18.9. The number of piperidine rings is 3. The second-order valence-corrected chi connectivity index (χ2v) is 21.7. The Balaban J connectivity index is 0.000000189. The van der Waals surface area contributed by atoms with E-state index in [1.165, 1.54) is 36.4 Å². The molecule has 3 N–H and O–H groups in total. The van der Waals surface area contributed by atoms with E-state index in [2.05, 4.69) is 16.0 Å². The molecule has 0 bridgehead atoms. The fourth-order valence-corrected chi connectivity index (χ4v) is 12.2. The molecule has 3 aromatic carbocycles. The van der Waals surface area contributed by atoms with Crippen LogP contribution < -0.4 is 16.0 Å². The van der Waals surface area contributed by atoms with Gasteiger partial charge in [-0.3, -0.25) is 0 Å². The zero-order valence-corrected chi connectivity index (χ0v) is 34.5. The van der Waals surface area contributed by atoms with Gasteiger partial charge in [-0.25, -0.2) is 51.6 Å². The van der Waals surface area contributed by atoms with Crippen molar-refractivity contribution in [3.05, 3.63) is 90.2 Å². The van der Waals surface area contributed by atoms with Crippen molar-refractivity contribution in [1.29, 1.82) is 0 Å². The molecular formula is C39H51F6N3O6S3. The number of benzene rings is 3. The van der Waals surface area contributed by atoms with Gasteiger partial charge in [0, 0.05) is 17.8 Å². The topological polar surface area (TPSA) is 139 Å². The maximum Gasteiger partial charge on any atom is 0.215 e. The number of rotatable bonds is 9. The van der Waals surface area contributed by atoms with E-state index in [1.54, 1.807) is 0 Å². The molecule has 3 atom stereocenters. The molecule has 0 amide bonds. The van der Waals surface area contributed by atoms with Gasteiger partial charge in [0.25, 0.3) is 0 Å². The molecule has 318 valence electrons. The van der Waals surface area contributed by atoms with E-state index in [4.69, 9.17) is 0 Å². The van der Waals surface area contributed by atoms with Crippen LogP contribution in [0.15, 0.2) is 87.5 Å². The monoisotopic (exact) mass is 867 g/mol. The number of alkyl halides is 3. The van der Waals surface area contributed by atoms with E-state index in [-0.39, 0.29) is 14.7 Å². The van der Waals surface area contributed by atoms with Crippen molar-refractivity contribution in [3.8, 4) is 0 Å². The fraction of sp³-hybridized carbons (Fsp3) is 0.538. The molecule has 0 aromatic heterocycles. The minimum absolute atomic E-state index is 0.295. The molecule has 0 saturated carbocycles. The molecule has 3 fully saturated rings. The first kappa shape index (κ1) is 46.7. The van der Waals surface area contributed by atoms with Gasteiger partial charge in [0.05, 0.1) is 14.7 Å². The minimum atomic E-state index is -4.20. The molecule has 18 heteroatoms. The van der Waals surface area contributed by atoms with E-state index in [9.17, 15) is 51.6 Å². The number of halogens is 6. The first-order chi connectivity index (χ1) is 26.6. The van der Waals surface area contributed by atoms with E-state index in [1.807, 2.05) is 0 Å². The largest absolute Gasteiger partial charge is 0.317 e. The summed E-state index contributed by atoms with van der Waals surface area (Å²) >= 11 is 0. The van der Waals surface area contributed by atoms with Crippen LogP contribution in [-0.4, -0.2) is 79.5 Å². The van der Waals surface area contributed by atoms with Crippen LogP contribution in [0.2, 0.25) is 0 Å². The lowest BCUT2D eigenvalue weighted by molar-refractivity contribution is 0.159. The highest BCUT2D eigenvalue weighted by atomic mass is 32.2. The van der Waals surface area contributed by atoms with Crippen molar-refractivity contribution in [2.75, 3.05) is 39.3 Å². The Hall–Kier alpha value is -3.03. The number of hydrogen-bond acceptors (Lipinski definition) is 9. The number of nitrogens with one attached hydrogen (secondary N) is 3. The minimum Gasteiger partial charge on any atom is -0.317 e. The predicted molar refractivity (Wildman–Crippen MR) is 206 cm³/mol. The zero-order chi connectivity index (χ0) is 42.3. The van der Waals surface area contributed by atoms with Gasteiger partial charge in [0.15, 0.2) is 0 Å². The molecule has 0 spiro atoms. The van der Waals surface area contributed by atoms with Crippen molar-refractivity contribution in [1.82, 2.24) is 16.0 Å². The summed E-state index contributed by atoms with van der Waals surface area (Å²) in [5, 5.41) is 2.08. The van der Waals surface area contributed by atoms with Gasteiger partial charge in [-0.2, -0.15) is 0 Å². The summed E-state index contributed by atoms with van der Waals surface area (Å²) in [6.07, 6.45) is 2.76. The van der Waals surface area contributed by atoms with Gasteiger partial charge < -0.3 is 16.0 Å². The van der Waals surface area contributed by atoms with Crippen LogP contribution in [0, 0.1) is 35.2 Å². The molecule has 3 saturated heterocycles. The molecule has 57 heavy (non-hydrogen) atoms. The van der Waals surface area contributed by atoms with Gasteiger partial charge in [-0.05, 0) is 153 Å². The fourth-order valence-electron chi connectivity index (χ4n) is 7.26. The van der Waals surface area contributed by atoms with Crippen LogP contribution >= 0.6 is 0 Å². The van der Waals surface area contributed by atoms with Gasteiger partial charge >= 0.3 is 0 Å². The maximum atomic E-state index is 14.8. The molecule has 6 rings (SSSR count). The molecular weight excluding hydrogens is 817 g/mol. The first-order valence-corrected chi connectivity index (χ1v) is 23.2. The normalized spacial score (nSPS) is 21.0. The first-order valence-electron chi connectivity index (χ1n) is 18.8. The summed E-state index contributed by atoms with van der Waals surface area (Å²) in [5.41, 5.74) is 0. The molecule has 1 unspecified atom stereocenters. The molecule has 3 aromatic rings. The third-order valence-corrected chi connectivity index (χ3v) is 17.9. The van der Waals surface area contributed by atoms with Crippen LogP contribution in [0.3, 0.4) is 0 Å². The second-order valence-electron chi connectivity index (χ2n) is 14.9. The van der Waals surface area contributed by atoms with Crippen molar-refractivity contribution in [2.24, 2.45) is 17.8 Å². The van der Waals surface area contributed by atoms with Crippen LogP contribution in [0.4, 0.5) is 26.3 Å². The lowest BCUT2D eigenvalue weighted by atomic mass is 9.93. The molecule has 0 radical (unpaired) electrons. The number of sulfone groups is 3. The summed E-state index contributed by atoms with van der Waals surface area (Å²) in [7, 11) is -12.6. The van der Waals surface area contributed by atoms with Crippen molar-refractivity contribution in [3.63, 3.8) is 0 Å². The average molecular weight is 868 g/mol. The van der Waals surface area contributed by atoms with Crippen LogP contribution in [0.25, 0.3) is 0 Å². The molecule has 3 heterocycles. The van der Waals surface area contributed by atoms with Gasteiger partial charge in [0.1, 0.15) is 17.5 Å². The van der Waals surface area contributed by atoms with Gasteiger partial charge in [0.2, 0.25) is 44.5 Å². The average Bonchev–Trinajstić information content (AvgIpc) is 3.19. The Morgan fingerprint density at radius 3 is 0.842 bits per heavy atom. The Morgan fingerprint density at radius 1 is 0.439 bits per heavy atom. The number of hydrogen-bond donors (Lipinski definition) is 3. The van der Waals surface area contributed by atoms with E-state index < -0.39 is 79.7 Å². The van der Waals surface area contributed by atoms with E-state index >= 15 is 0 Å². The molecule has 3 aliphatic rings. The quantitative estimate of drug-likeness (QED) is 0.197. The van der Waals surface area contributed by atoms with Crippen molar-refractivity contribution in [2.45, 2.75) is 89.0 Å². The lowest BCUT2D eigenvalue weighted by Crippen LogP contribution is -2.44. The standard InChI is InChI=1S/3C13H17F2NO2S/c3*1-13(15,10-5-7-16-8-6-10)19(17,18)12-4-2-3-11(14)9-12/h3*2-4,9-10,16H,5-8H2,1H3/t2*13-;/m10./s1. The van der Waals surface area contributed by atoms with Gasteiger partial charge in [-0.15, -0.1) is 0 Å².